The molecule has 230 valence electrons. The summed E-state index contributed by atoms with van der Waals surface area (Å²) < 4.78 is 131. The molecule has 0 bridgehead atoms. The van der Waals surface area contributed by atoms with Gasteiger partial charge in [0, 0.05) is 25.9 Å². The Labute approximate surface area is 239 Å². The van der Waals surface area contributed by atoms with Crippen LogP contribution < -0.4 is 15.4 Å². The molecule has 1 aliphatic heterocycles. The van der Waals surface area contributed by atoms with E-state index in [0.717, 1.165) is 6.07 Å². The number of pyridine rings is 2. The van der Waals surface area contributed by atoms with Crippen molar-refractivity contribution < 1.29 is 53.8 Å². The lowest BCUT2D eigenvalue weighted by atomic mass is 10.0. The number of aromatic nitrogens is 4. The summed E-state index contributed by atoms with van der Waals surface area (Å²) in [6.45, 7) is -2.30. The summed E-state index contributed by atoms with van der Waals surface area (Å²) in [6, 6.07) is 0.963. The number of carbonyl (C=O) groups is 1. The minimum absolute atomic E-state index is 0.0365. The fourth-order valence-electron chi connectivity index (χ4n) is 3.67. The summed E-state index contributed by atoms with van der Waals surface area (Å²) in [7, 11) is 1.47. The van der Waals surface area contributed by atoms with Crippen molar-refractivity contribution in [1.29, 1.82) is 0 Å². The second-order valence-electron chi connectivity index (χ2n) is 8.92. The third-order valence-electron chi connectivity index (χ3n) is 5.99. The summed E-state index contributed by atoms with van der Waals surface area (Å²) in [5.74, 6) is -22.1. The number of nitrogens with zero attached hydrogens (tertiary/aromatic N) is 4. The second-order valence-corrected chi connectivity index (χ2v) is 9.73. The molecule has 20 heteroatoms. The third kappa shape index (κ3) is 5.70. The van der Waals surface area contributed by atoms with Gasteiger partial charge in [-0.2, -0.15) is 44.5 Å². The van der Waals surface area contributed by atoms with Crippen molar-refractivity contribution in [2.24, 2.45) is 7.05 Å². The monoisotopic (exact) mass is 654 g/mol. The van der Waals surface area contributed by atoms with E-state index in [1.54, 1.807) is 0 Å². The number of aryl methyl sites for hydroxylation is 1. The number of hydrogen-bond acceptors (Lipinski definition) is 7. The average Bonchev–Trinajstić information content (AvgIpc) is 3.51. The van der Waals surface area contributed by atoms with Gasteiger partial charge in [-0.05, 0) is 6.07 Å². The van der Waals surface area contributed by atoms with Crippen LogP contribution in [0.2, 0.25) is 10.0 Å². The molecule has 1 atom stereocenters. The lowest BCUT2D eigenvalue weighted by molar-refractivity contribution is -0.394. The van der Waals surface area contributed by atoms with Crippen molar-refractivity contribution in [3.05, 3.63) is 34.1 Å². The predicted molar refractivity (Wildman–Crippen MR) is 129 cm³/mol. The Morgan fingerprint density at radius 1 is 1.07 bits per heavy atom. The molecule has 1 amide bonds. The van der Waals surface area contributed by atoms with E-state index in [4.69, 9.17) is 32.7 Å². The topological polar surface area (TPSA) is 103 Å². The molecule has 0 radical (unpaired) electrons. The molecule has 3 aromatic heterocycles. The fraction of sp³-hybridized carbons (Fsp3) is 0.455. The lowest BCUT2D eigenvalue weighted by Crippen LogP contribution is -2.63. The zero-order valence-electron chi connectivity index (χ0n) is 20.8. The molecular formula is C22H17Cl2F9N6O3. The number of anilines is 2. The van der Waals surface area contributed by atoms with E-state index in [1.165, 1.54) is 29.3 Å². The highest BCUT2D eigenvalue weighted by molar-refractivity contribution is 6.39. The normalized spacial score (nSPS) is 16.6. The number of nitrogens with one attached hydrogen (secondary N) is 2. The van der Waals surface area contributed by atoms with Crippen molar-refractivity contribution in [1.82, 2.24) is 24.8 Å². The SMILES string of the molecule is Cn1c(Nc2c(Cl)cncc2Cl)nc2cc(C(=O)NCC(F)(F)C(F)(F)C(F)(F)C(F)(F)F)c(OC3CCOC3)nc21. The molecule has 9 nitrogen and oxygen atoms in total. The molecule has 2 N–H and O–H groups in total. The average molecular weight is 655 g/mol. The summed E-state index contributed by atoms with van der Waals surface area (Å²) in [4.78, 5) is 25.0. The van der Waals surface area contributed by atoms with Crippen LogP contribution in [0.15, 0.2) is 18.5 Å². The number of alkyl halides is 9. The molecule has 42 heavy (non-hydrogen) atoms. The van der Waals surface area contributed by atoms with Gasteiger partial charge < -0.3 is 20.1 Å². The highest BCUT2D eigenvalue weighted by Gasteiger charge is 2.81. The van der Waals surface area contributed by atoms with Gasteiger partial charge in [0.25, 0.3) is 5.91 Å². The first kappa shape index (κ1) is 31.7. The second kappa shape index (κ2) is 11.1. The highest BCUT2D eigenvalue weighted by atomic mass is 35.5. The molecular weight excluding hydrogens is 638 g/mol. The summed E-state index contributed by atoms with van der Waals surface area (Å²) in [5.41, 5.74) is -0.517. The van der Waals surface area contributed by atoms with Crippen LogP contribution in [-0.4, -0.2) is 75.2 Å². The van der Waals surface area contributed by atoms with Crippen LogP contribution in [0.1, 0.15) is 16.8 Å². The van der Waals surface area contributed by atoms with Gasteiger partial charge >= 0.3 is 23.9 Å². The minimum atomic E-state index is -7.11. The molecule has 0 aromatic carbocycles. The number of halogens is 11. The number of imidazole rings is 1. The first-order chi connectivity index (χ1) is 19.4. The van der Waals surface area contributed by atoms with Gasteiger partial charge in [0.1, 0.15) is 17.2 Å². The molecule has 4 rings (SSSR count). The number of ether oxygens (including phenoxy) is 2. The van der Waals surface area contributed by atoms with Gasteiger partial charge in [-0.15, -0.1) is 0 Å². The van der Waals surface area contributed by atoms with E-state index in [-0.39, 0.29) is 46.1 Å². The Morgan fingerprint density at radius 3 is 2.29 bits per heavy atom. The molecule has 0 aliphatic carbocycles. The largest absolute Gasteiger partial charge is 0.471 e. The van der Waals surface area contributed by atoms with Crippen molar-refractivity contribution in [2.75, 3.05) is 25.1 Å². The number of carbonyl (C=O) groups excluding carboxylic acids is 1. The number of amides is 1. The van der Waals surface area contributed by atoms with Crippen LogP contribution in [0.25, 0.3) is 11.2 Å². The summed E-state index contributed by atoms with van der Waals surface area (Å²) in [5, 5.41) is 4.29. The molecule has 1 fully saturated rings. The Morgan fingerprint density at radius 2 is 1.71 bits per heavy atom. The van der Waals surface area contributed by atoms with Crippen LogP contribution in [-0.2, 0) is 11.8 Å². The summed E-state index contributed by atoms with van der Waals surface area (Å²) >= 11 is 12.2. The number of rotatable bonds is 9. The predicted octanol–water partition coefficient (Wildman–Crippen LogP) is 5.78. The smallest absolute Gasteiger partial charge is 0.460 e. The fourth-order valence-corrected chi connectivity index (χ4v) is 4.13. The zero-order valence-corrected chi connectivity index (χ0v) is 22.3. The van der Waals surface area contributed by atoms with E-state index in [2.05, 4.69) is 20.3 Å². The Bertz CT molecular complexity index is 1480. The lowest BCUT2D eigenvalue weighted by Gasteiger charge is -2.33. The maximum Gasteiger partial charge on any atom is 0.460 e. The first-order valence-corrected chi connectivity index (χ1v) is 12.3. The van der Waals surface area contributed by atoms with E-state index in [1.807, 2.05) is 0 Å². The Hall–Kier alpha value is -3.25. The van der Waals surface area contributed by atoms with Gasteiger partial charge in [0.15, 0.2) is 5.65 Å². The maximum absolute atomic E-state index is 14.1. The van der Waals surface area contributed by atoms with Crippen molar-refractivity contribution in [3.63, 3.8) is 0 Å². The molecule has 1 aliphatic rings. The van der Waals surface area contributed by atoms with Crippen LogP contribution in [0.5, 0.6) is 5.88 Å². The third-order valence-corrected chi connectivity index (χ3v) is 6.56. The van der Waals surface area contributed by atoms with Crippen LogP contribution in [0, 0.1) is 0 Å². The zero-order chi connectivity index (χ0) is 31.3. The van der Waals surface area contributed by atoms with Crippen LogP contribution in [0.4, 0.5) is 51.1 Å². The molecule has 4 heterocycles. The minimum Gasteiger partial charge on any atom is -0.471 e. The molecule has 1 unspecified atom stereocenters. The van der Waals surface area contributed by atoms with E-state index in [9.17, 15) is 44.3 Å². The summed E-state index contributed by atoms with van der Waals surface area (Å²) in [6.07, 6.45) is -4.82. The molecule has 3 aromatic rings. The maximum atomic E-state index is 14.1. The van der Waals surface area contributed by atoms with E-state index >= 15 is 0 Å². The van der Waals surface area contributed by atoms with Gasteiger partial charge in [0.05, 0.1) is 35.5 Å². The van der Waals surface area contributed by atoms with Crippen molar-refractivity contribution in [2.45, 2.75) is 36.5 Å². The van der Waals surface area contributed by atoms with Crippen molar-refractivity contribution >= 4 is 51.9 Å². The molecule has 0 spiro atoms. The van der Waals surface area contributed by atoms with Gasteiger partial charge in [-0.25, -0.2) is 4.98 Å². The Balaban J connectivity index is 1.68. The Kier molecular flexibility index (Phi) is 8.38. The van der Waals surface area contributed by atoms with Gasteiger partial charge in [-0.3, -0.25) is 14.3 Å². The first-order valence-electron chi connectivity index (χ1n) is 11.5. The van der Waals surface area contributed by atoms with Crippen LogP contribution >= 0.6 is 23.2 Å². The van der Waals surface area contributed by atoms with Gasteiger partial charge in [0.2, 0.25) is 11.8 Å². The number of fused-ring (bicyclic) bond motifs is 1. The quantitative estimate of drug-likeness (QED) is 0.282. The van der Waals surface area contributed by atoms with Gasteiger partial charge in [-0.1, -0.05) is 23.2 Å². The highest BCUT2D eigenvalue weighted by Crippen LogP contribution is 2.52. The number of hydrogen-bond donors (Lipinski definition) is 2. The molecule has 0 saturated carbocycles. The molecule has 1 saturated heterocycles. The van der Waals surface area contributed by atoms with Crippen molar-refractivity contribution in [3.8, 4) is 5.88 Å². The van der Waals surface area contributed by atoms with E-state index < -0.39 is 53.9 Å². The van der Waals surface area contributed by atoms with E-state index in [0.29, 0.717) is 6.42 Å². The standard InChI is InChI=1S/C22H17Cl2F9N6O3/c1-39-15-13(36-18(39)37-14-11(23)5-34-6-12(14)24)4-10(17(38-15)42-9-2-3-41-7-9)16(40)35-8-19(25,26)20(27,28)21(29,30)22(31,32)33/h4-6,9H,2-3,7-8H2,1H3,(H,35,40)(H,34,36,37). The van der Waals surface area contributed by atoms with Crippen LogP contribution in [0.3, 0.4) is 0 Å².